The Balaban J connectivity index is 2.16. The second-order valence-electron chi connectivity index (χ2n) is 3.57. The molecule has 0 amide bonds. The Bertz CT molecular complexity index is 439. The SMILES string of the molecule is CCCCOc1cnc2ccccc2c1. The van der Waals surface area contributed by atoms with Crippen molar-refractivity contribution in [2.24, 2.45) is 0 Å². The molecule has 0 radical (unpaired) electrons. The van der Waals surface area contributed by atoms with E-state index in [0.717, 1.165) is 36.1 Å². The van der Waals surface area contributed by atoms with Crippen molar-refractivity contribution in [2.75, 3.05) is 6.61 Å². The first kappa shape index (κ1) is 9.97. The van der Waals surface area contributed by atoms with E-state index in [-0.39, 0.29) is 0 Å². The Labute approximate surface area is 89.9 Å². The van der Waals surface area contributed by atoms with Crippen molar-refractivity contribution in [1.29, 1.82) is 0 Å². The van der Waals surface area contributed by atoms with Gasteiger partial charge in [-0.3, -0.25) is 4.98 Å². The molecule has 0 saturated carbocycles. The number of ether oxygens (including phenoxy) is 1. The highest BCUT2D eigenvalue weighted by Crippen LogP contribution is 2.17. The minimum Gasteiger partial charge on any atom is -0.492 e. The van der Waals surface area contributed by atoms with Gasteiger partial charge in [-0.15, -0.1) is 0 Å². The summed E-state index contributed by atoms with van der Waals surface area (Å²) in [6.45, 7) is 2.93. The van der Waals surface area contributed by atoms with Crippen molar-refractivity contribution in [3.05, 3.63) is 36.5 Å². The largest absolute Gasteiger partial charge is 0.492 e. The van der Waals surface area contributed by atoms with E-state index in [1.54, 1.807) is 6.20 Å². The van der Waals surface area contributed by atoms with Crippen LogP contribution in [0.2, 0.25) is 0 Å². The number of pyridine rings is 1. The van der Waals surface area contributed by atoms with Gasteiger partial charge in [0.2, 0.25) is 0 Å². The molecular weight excluding hydrogens is 186 g/mol. The van der Waals surface area contributed by atoms with Crippen LogP contribution in [0.1, 0.15) is 19.8 Å². The highest BCUT2D eigenvalue weighted by Gasteiger charge is 1.97. The summed E-state index contributed by atoms with van der Waals surface area (Å²) in [7, 11) is 0. The number of nitrogens with zero attached hydrogens (tertiary/aromatic N) is 1. The summed E-state index contributed by atoms with van der Waals surface area (Å²) in [5, 5.41) is 1.13. The first-order chi connectivity index (χ1) is 7.40. The molecule has 0 aliphatic heterocycles. The zero-order chi connectivity index (χ0) is 10.5. The van der Waals surface area contributed by atoms with Crippen LogP contribution in [-0.2, 0) is 0 Å². The molecule has 0 unspecified atom stereocenters. The van der Waals surface area contributed by atoms with Crippen LogP contribution in [0.15, 0.2) is 36.5 Å². The fourth-order valence-electron chi connectivity index (χ4n) is 1.46. The van der Waals surface area contributed by atoms with Gasteiger partial charge in [0.1, 0.15) is 5.75 Å². The van der Waals surface area contributed by atoms with E-state index < -0.39 is 0 Å². The lowest BCUT2D eigenvalue weighted by molar-refractivity contribution is 0.309. The molecule has 0 saturated heterocycles. The fraction of sp³-hybridized carbons (Fsp3) is 0.308. The van der Waals surface area contributed by atoms with Crippen LogP contribution in [0.5, 0.6) is 5.75 Å². The molecule has 0 N–H and O–H groups in total. The number of hydrogen-bond donors (Lipinski definition) is 0. The number of aromatic nitrogens is 1. The summed E-state index contributed by atoms with van der Waals surface area (Å²) >= 11 is 0. The zero-order valence-corrected chi connectivity index (χ0v) is 8.94. The van der Waals surface area contributed by atoms with Gasteiger partial charge in [-0.1, -0.05) is 31.5 Å². The van der Waals surface area contributed by atoms with Crippen LogP contribution < -0.4 is 4.74 Å². The zero-order valence-electron chi connectivity index (χ0n) is 8.94. The van der Waals surface area contributed by atoms with Crippen LogP contribution in [0.3, 0.4) is 0 Å². The highest BCUT2D eigenvalue weighted by molar-refractivity contribution is 5.79. The number of para-hydroxylation sites is 1. The Hall–Kier alpha value is -1.57. The van der Waals surface area contributed by atoms with Crippen LogP contribution in [-0.4, -0.2) is 11.6 Å². The third-order valence-electron chi connectivity index (χ3n) is 2.33. The number of fused-ring (bicyclic) bond motifs is 1. The molecule has 0 fully saturated rings. The summed E-state index contributed by atoms with van der Waals surface area (Å²) < 4.78 is 5.59. The predicted molar refractivity (Wildman–Crippen MR) is 62.1 cm³/mol. The Morgan fingerprint density at radius 2 is 2.13 bits per heavy atom. The lowest BCUT2D eigenvalue weighted by Crippen LogP contribution is -1.96. The van der Waals surface area contributed by atoms with E-state index in [1.807, 2.05) is 24.3 Å². The van der Waals surface area contributed by atoms with Crippen LogP contribution >= 0.6 is 0 Å². The van der Waals surface area contributed by atoms with E-state index in [2.05, 4.69) is 18.0 Å². The van der Waals surface area contributed by atoms with Gasteiger partial charge < -0.3 is 4.74 Å². The van der Waals surface area contributed by atoms with E-state index >= 15 is 0 Å². The van der Waals surface area contributed by atoms with E-state index in [1.165, 1.54) is 0 Å². The second-order valence-corrected chi connectivity index (χ2v) is 3.57. The molecule has 78 valence electrons. The van der Waals surface area contributed by atoms with Gasteiger partial charge in [-0.2, -0.15) is 0 Å². The second kappa shape index (κ2) is 4.78. The van der Waals surface area contributed by atoms with Gasteiger partial charge in [-0.25, -0.2) is 0 Å². The molecule has 2 aromatic rings. The molecule has 15 heavy (non-hydrogen) atoms. The third-order valence-corrected chi connectivity index (χ3v) is 2.33. The fourth-order valence-corrected chi connectivity index (χ4v) is 1.46. The van der Waals surface area contributed by atoms with Crippen LogP contribution in [0.25, 0.3) is 10.9 Å². The Kier molecular flexibility index (Phi) is 3.18. The van der Waals surface area contributed by atoms with Crippen molar-refractivity contribution in [1.82, 2.24) is 4.98 Å². The number of hydrogen-bond acceptors (Lipinski definition) is 2. The topological polar surface area (TPSA) is 22.1 Å². The third kappa shape index (κ3) is 2.46. The maximum atomic E-state index is 5.59. The summed E-state index contributed by atoms with van der Waals surface area (Å²) in [4.78, 5) is 4.33. The van der Waals surface area contributed by atoms with Gasteiger partial charge in [0.15, 0.2) is 0 Å². The number of benzene rings is 1. The van der Waals surface area contributed by atoms with Crippen LogP contribution in [0.4, 0.5) is 0 Å². The van der Waals surface area contributed by atoms with E-state index in [4.69, 9.17) is 4.74 Å². The minimum absolute atomic E-state index is 0.774. The average Bonchev–Trinajstić information content (AvgIpc) is 2.29. The Morgan fingerprint density at radius 1 is 1.27 bits per heavy atom. The van der Waals surface area contributed by atoms with E-state index in [0.29, 0.717) is 0 Å². The Morgan fingerprint density at radius 3 is 3.00 bits per heavy atom. The van der Waals surface area contributed by atoms with Crippen LogP contribution in [0, 0.1) is 0 Å². The first-order valence-electron chi connectivity index (χ1n) is 5.38. The summed E-state index contributed by atoms with van der Waals surface area (Å²) in [6.07, 6.45) is 4.03. The molecule has 0 atom stereocenters. The summed E-state index contributed by atoms with van der Waals surface area (Å²) in [6, 6.07) is 10.1. The van der Waals surface area contributed by atoms with Crippen molar-refractivity contribution in [3.63, 3.8) is 0 Å². The van der Waals surface area contributed by atoms with Gasteiger partial charge in [0, 0.05) is 5.39 Å². The molecule has 1 heterocycles. The highest BCUT2D eigenvalue weighted by atomic mass is 16.5. The molecule has 2 nitrogen and oxygen atoms in total. The maximum absolute atomic E-state index is 5.59. The van der Waals surface area contributed by atoms with Crippen molar-refractivity contribution < 1.29 is 4.74 Å². The molecule has 0 aliphatic rings. The van der Waals surface area contributed by atoms with Crippen molar-refractivity contribution in [2.45, 2.75) is 19.8 Å². The monoisotopic (exact) mass is 201 g/mol. The molecule has 0 aliphatic carbocycles. The smallest absolute Gasteiger partial charge is 0.138 e. The predicted octanol–water partition coefficient (Wildman–Crippen LogP) is 3.41. The molecule has 0 bridgehead atoms. The van der Waals surface area contributed by atoms with E-state index in [9.17, 15) is 0 Å². The lowest BCUT2D eigenvalue weighted by Gasteiger charge is -2.05. The first-order valence-corrected chi connectivity index (χ1v) is 5.38. The molecule has 2 heteroatoms. The number of unbranched alkanes of at least 4 members (excludes halogenated alkanes) is 1. The van der Waals surface area contributed by atoms with Gasteiger partial charge in [0.25, 0.3) is 0 Å². The van der Waals surface area contributed by atoms with Crippen molar-refractivity contribution >= 4 is 10.9 Å². The molecule has 1 aromatic carbocycles. The molecule has 2 rings (SSSR count). The molecule has 0 spiro atoms. The molecule has 1 aromatic heterocycles. The normalized spacial score (nSPS) is 10.5. The van der Waals surface area contributed by atoms with Gasteiger partial charge in [-0.05, 0) is 18.6 Å². The van der Waals surface area contributed by atoms with Gasteiger partial charge in [0.05, 0.1) is 18.3 Å². The maximum Gasteiger partial charge on any atom is 0.138 e. The quantitative estimate of drug-likeness (QED) is 0.707. The number of rotatable bonds is 4. The summed E-state index contributed by atoms with van der Waals surface area (Å²) in [5.74, 6) is 0.863. The standard InChI is InChI=1S/C13H15NO/c1-2-3-8-15-12-9-11-6-4-5-7-13(11)14-10-12/h4-7,9-10H,2-3,8H2,1H3. The summed E-state index contributed by atoms with van der Waals surface area (Å²) in [5.41, 5.74) is 1.01. The minimum atomic E-state index is 0.774. The average molecular weight is 201 g/mol. The van der Waals surface area contributed by atoms with Gasteiger partial charge >= 0.3 is 0 Å². The molecular formula is C13H15NO. The van der Waals surface area contributed by atoms with Crippen molar-refractivity contribution in [3.8, 4) is 5.75 Å². The lowest BCUT2D eigenvalue weighted by atomic mass is 10.2.